The van der Waals surface area contributed by atoms with Gasteiger partial charge in [0.1, 0.15) is 5.75 Å². The van der Waals surface area contributed by atoms with E-state index in [1.54, 1.807) is 11.3 Å². The predicted octanol–water partition coefficient (Wildman–Crippen LogP) is 2.95. The molecule has 0 bridgehead atoms. The fourth-order valence-electron chi connectivity index (χ4n) is 3.90. The van der Waals surface area contributed by atoms with Crippen LogP contribution in [0.2, 0.25) is 0 Å². The van der Waals surface area contributed by atoms with Crippen LogP contribution in [0.3, 0.4) is 0 Å². The molecule has 144 valence electrons. The minimum atomic E-state index is 0.390. The van der Waals surface area contributed by atoms with Crippen LogP contribution in [0.1, 0.15) is 12.0 Å². The SMILES string of the molecule is Cc1c(O)c2ccccc2c2c1s/c(=N/CCCN1CCN(C)CC1)n2C. The molecule has 1 aliphatic rings. The van der Waals surface area contributed by atoms with Crippen molar-refractivity contribution in [1.82, 2.24) is 14.4 Å². The molecule has 1 saturated heterocycles. The molecule has 1 fully saturated rings. The molecule has 0 spiro atoms. The first-order valence-electron chi connectivity index (χ1n) is 9.67. The molecule has 0 unspecified atom stereocenters. The number of aromatic hydroxyl groups is 1. The number of rotatable bonds is 4. The van der Waals surface area contributed by atoms with Crippen molar-refractivity contribution in [1.29, 1.82) is 0 Å². The van der Waals surface area contributed by atoms with Crippen molar-refractivity contribution in [2.75, 3.05) is 46.3 Å². The van der Waals surface area contributed by atoms with Gasteiger partial charge in [-0.25, -0.2) is 0 Å². The molecule has 1 aromatic heterocycles. The van der Waals surface area contributed by atoms with Gasteiger partial charge >= 0.3 is 0 Å². The molecule has 0 radical (unpaired) electrons. The molecule has 4 rings (SSSR count). The van der Waals surface area contributed by atoms with E-state index in [9.17, 15) is 5.11 Å². The Morgan fingerprint density at radius 3 is 2.52 bits per heavy atom. The van der Waals surface area contributed by atoms with Crippen LogP contribution >= 0.6 is 11.3 Å². The Bertz CT molecular complexity index is 1030. The number of hydrogen-bond acceptors (Lipinski definition) is 5. The maximum absolute atomic E-state index is 10.6. The number of benzene rings is 2. The van der Waals surface area contributed by atoms with Crippen molar-refractivity contribution in [2.45, 2.75) is 13.3 Å². The minimum absolute atomic E-state index is 0.390. The smallest absolute Gasteiger partial charge is 0.185 e. The summed E-state index contributed by atoms with van der Waals surface area (Å²) < 4.78 is 3.32. The molecule has 0 amide bonds. The molecule has 6 heteroatoms. The van der Waals surface area contributed by atoms with Crippen LogP contribution in [0.15, 0.2) is 29.3 Å². The van der Waals surface area contributed by atoms with Crippen LogP contribution < -0.4 is 4.80 Å². The van der Waals surface area contributed by atoms with Gasteiger partial charge in [-0.1, -0.05) is 35.6 Å². The maximum Gasteiger partial charge on any atom is 0.185 e. The van der Waals surface area contributed by atoms with Crippen molar-refractivity contribution < 1.29 is 5.11 Å². The Morgan fingerprint density at radius 1 is 1.07 bits per heavy atom. The lowest BCUT2D eigenvalue weighted by Crippen LogP contribution is -2.44. The number of thiazole rings is 1. The van der Waals surface area contributed by atoms with Crippen LogP contribution in [-0.4, -0.2) is 65.8 Å². The zero-order valence-electron chi connectivity index (χ0n) is 16.4. The number of nitrogens with zero attached hydrogens (tertiary/aromatic N) is 4. The normalized spacial score (nSPS) is 17.4. The lowest BCUT2D eigenvalue weighted by atomic mass is 10.0. The topological polar surface area (TPSA) is 44.0 Å². The predicted molar refractivity (Wildman–Crippen MR) is 114 cm³/mol. The number of phenols is 1. The minimum Gasteiger partial charge on any atom is -0.507 e. The molecule has 2 aromatic carbocycles. The van der Waals surface area contributed by atoms with E-state index in [0.29, 0.717) is 5.75 Å². The van der Waals surface area contributed by atoms with Crippen LogP contribution in [0, 0.1) is 6.92 Å². The molecular weight excluding hydrogens is 356 g/mol. The number of hydrogen-bond donors (Lipinski definition) is 1. The van der Waals surface area contributed by atoms with Crippen molar-refractivity contribution in [2.24, 2.45) is 12.0 Å². The molecule has 0 saturated carbocycles. The van der Waals surface area contributed by atoms with E-state index in [2.05, 4.69) is 34.5 Å². The third-order valence-corrected chi connectivity index (χ3v) is 6.93. The highest BCUT2D eigenvalue weighted by Gasteiger charge is 2.15. The van der Waals surface area contributed by atoms with Gasteiger partial charge < -0.3 is 19.5 Å². The maximum atomic E-state index is 10.6. The lowest BCUT2D eigenvalue weighted by molar-refractivity contribution is 0.153. The lowest BCUT2D eigenvalue weighted by Gasteiger charge is -2.32. The van der Waals surface area contributed by atoms with Crippen molar-refractivity contribution in [3.8, 4) is 5.75 Å². The Kier molecular flexibility index (Phi) is 5.21. The van der Waals surface area contributed by atoms with Crippen LogP contribution in [0.25, 0.3) is 21.0 Å². The molecule has 0 atom stereocenters. The van der Waals surface area contributed by atoms with Gasteiger partial charge in [-0.3, -0.25) is 4.99 Å². The van der Waals surface area contributed by atoms with Gasteiger partial charge in [-0.15, -0.1) is 0 Å². The van der Waals surface area contributed by atoms with Crippen LogP contribution in [-0.2, 0) is 7.05 Å². The van der Waals surface area contributed by atoms with Crippen molar-refractivity contribution >= 4 is 32.3 Å². The Morgan fingerprint density at radius 2 is 1.78 bits per heavy atom. The van der Waals surface area contributed by atoms with E-state index in [4.69, 9.17) is 4.99 Å². The monoisotopic (exact) mass is 384 g/mol. The van der Waals surface area contributed by atoms with Crippen molar-refractivity contribution in [3.05, 3.63) is 34.6 Å². The van der Waals surface area contributed by atoms with E-state index in [1.807, 2.05) is 25.1 Å². The molecule has 3 aromatic rings. The third kappa shape index (κ3) is 3.49. The van der Waals surface area contributed by atoms with Crippen LogP contribution in [0.5, 0.6) is 5.75 Å². The van der Waals surface area contributed by atoms with Gasteiger partial charge in [-0.05, 0) is 20.4 Å². The van der Waals surface area contributed by atoms with Gasteiger partial charge in [0, 0.05) is 62.7 Å². The second-order valence-corrected chi connectivity index (χ2v) is 8.50. The first-order valence-corrected chi connectivity index (χ1v) is 10.5. The van der Waals surface area contributed by atoms with E-state index in [0.717, 1.165) is 71.5 Å². The molecule has 0 aliphatic carbocycles. The summed E-state index contributed by atoms with van der Waals surface area (Å²) in [6.45, 7) is 8.62. The number of aromatic nitrogens is 1. The molecule has 1 aliphatic heterocycles. The van der Waals surface area contributed by atoms with Gasteiger partial charge in [0.2, 0.25) is 0 Å². The van der Waals surface area contributed by atoms with Gasteiger partial charge in [0.15, 0.2) is 4.80 Å². The standard InChI is InChI=1S/C21H28N4OS/c1-15-19(26)17-8-5-4-7-16(17)18-20(15)27-21(24(18)3)22-9-6-10-25-13-11-23(2)12-14-25/h4-5,7-8,26H,6,9-14H2,1-3H3/b22-21+. The average Bonchev–Trinajstić information content (AvgIpc) is 3.01. The summed E-state index contributed by atoms with van der Waals surface area (Å²) >= 11 is 1.68. The summed E-state index contributed by atoms with van der Waals surface area (Å²) in [7, 11) is 4.28. The van der Waals surface area contributed by atoms with Gasteiger partial charge in [0.25, 0.3) is 0 Å². The quantitative estimate of drug-likeness (QED) is 0.704. The first-order chi connectivity index (χ1) is 13.1. The fourth-order valence-corrected chi connectivity index (χ4v) is 5.06. The number of phenolic OH excluding ortho intramolecular Hbond substituents is 1. The summed E-state index contributed by atoms with van der Waals surface area (Å²) in [5.41, 5.74) is 2.12. The number of likely N-dealkylation sites (N-methyl/N-ethyl adjacent to an activating group) is 1. The van der Waals surface area contributed by atoms with Gasteiger partial charge in [0.05, 0.1) is 10.2 Å². The molecular formula is C21H28N4OS. The highest BCUT2D eigenvalue weighted by Crippen LogP contribution is 2.37. The molecule has 1 N–H and O–H groups in total. The Hall–Kier alpha value is -1.89. The number of fused-ring (bicyclic) bond motifs is 3. The van der Waals surface area contributed by atoms with Crippen LogP contribution in [0.4, 0.5) is 0 Å². The van der Waals surface area contributed by atoms with E-state index in [-0.39, 0.29) is 0 Å². The second-order valence-electron chi connectivity index (χ2n) is 7.52. The second kappa shape index (κ2) is 7.62. The first kappa shape index (κ1) is 18.5. The van der Waals surface area contributed by atoms with E-state index < -0.39 is 0 Å². The van der Waals surface area contributed by atoms with Crippen molar-refractivity contribution in [3.63, 3.8) is 0 Å². The summed E-state index contributed by atoms with van der Waals surface area (Å²) in [6.07, 6.45) is 1.09. The molecule has 27 heavy (non-hydrogen) atoms. The Balaban J connectivity index is 1.59. The molecule has 5 nitrogen and oxygen atoms in total. The fraction of sp³-hybridized carbons (Fsp3) is 0.476. The average molecular weight is 385 g/mol. The molecule has 2 heterocycles. The number of aryl methyl sites for hydroxylation is 2. The number of piperazine rings is 1. The third-order valence-electron chi connectivity index (χ3n) is 5.64. The zero-order valence-corrected chi connectivity index (χ0v) is 17.2. The summed E-state index contributed by atoms with van der Waals surface area (Å²) in [6, 6.07) is 8.08. The highest BCUT2D eigenvalue weighted by molar-refractivity contribution is 7.16. The largest absolute Gasteiger partial charge is 0.507 e. The summed E-state index contributed by atoms with van der Waals surface area (Å²) in [5.74, 6) is 0.390. The zero-order chi connectivity index (χ0) is 19.0. The van der Waals surface area contributed by atoms with E-state index >= 15 is 0 Å². The summed E-state index contributed by atoms with van der Waals surface area (Å²) in [5, 5.41) is 12.6. The van der Waals surface area contributed by atoms with E-state index in [1.165, 1.54) is 5.52 Å². The summed E-state index contributed by atoms with van der Waals surface area (Å²) in [4.78, 5) is 10.8. The highest BCUT2D eigenvalue weighted by atomic mass is 32.1. The van der Waals surface area contributed by atoms with Gasteiger partial charge in [-0.2, -0.15) is 0 Å². The Labute approximate surface area is 164 Å².